The van der Waals surface area contributed by atoms with E-state index in [0.29, 0.717) is 10.8 Å². The van der Waals surface area contributed by atoms with Gasteiger partial charge in [-0.25, -0.2) is 0 Å². The minimum atomic E-state index is 0.198. The zero-order valence-electron chi connectivity index (χ0n) is 10.0. The Morgan fingerprint density at radius 1 is 1.47 bits per heavy atom. The molecule has 17 heavy (non-hydrogen) atoms. The van der Waals surface area contributed by atoms with Crippen molar-refractivity contribution in [3.8, 4) is 5.75 Å². The van der Waals surface area contributed by atoms with Crippen LogP contribution in [0.15, 0.2) is 18.2 Å². The topological polar surface area (TPSA) is 32.7 Å². The van der Waals surface area contributed by atoms with Crippen LogP contribution < -0.4 is 9.64 Å². The van der Waals surface area contributed by atoms with E-state index in [2.05, 4.69) is 4.90 Å². The number of methoxy groups -OCH3 is 1. The minimum Gasteiger partial charge on any atom is -0.495 e. The lowest BCUT2D eigenvalue weighted by atomic mass is 10.0. The highest BCUT2D eigenvalue weighted by Crippen LogP contribution is 2.32. The number of hydrogen-bond donors (Lipinski definition) is 1. The van der Waals surface area contributed by atoms with Crippen LogP contribution in [0.4, 0.5) is 5.69 Å². The summed E-state index contributed by atoms with van der Waals surface area (Å²) in [6, 6.07) is 6.00. The van der Waals surface area contributed by atoms with E-state index in [1.165, 1.54) is 12.8 Å². The first-order valence-electron chi connectivity index (χ1n) is 5.97. The Hall–Kier alpha value is -0.930. The van der Waals surface area contributed by atoms with E-state index in [4.69, 9.17) is 16.3 Å². The molecule has 0 aromatic heterocycles. The minimum absolute atomic E-state index is 0.198. The second-order valence-corrected chi connectivity index (χ2v) is 4.75. The molecule has 94 valence electrons. The summed E-state index contributed by atoms with van der Waals surface area (Å²) in [6.07, 6.45) is 3.39. The number of aliphatic hydroxyl groups excluding tert-OH is 1. The van der Waals surface area contributed by atoms with Crippen LogP contribution in [0.1, 0.15) is 19.3 Å². The third-order valence-corrected chi connectivity index (χ3v) is 3.60. The molecular weight excluding hydrogens is 238 g/mol. The Balaban J connectivity index is 2.23. The van der Waals surface area contributed by atoms with Gasteiger partial charge >= 0.3 is 0 Å². The Morgan fingerprint density at radius 3 is 2.94 bits per heavy atom. The van der Waals surface area contributed by atoms with Crippen molar-refractivity contribution in [2.45, 2.75) is 25.3 Å². The fourth-order valence-corrected chi connectivity index (χ4v) is 2.62. The molecule has 1 aliphatic heterocycles. The molecule has 0 aliphatic carbocycles. The smallest absolute Gasteiger partial charge is 0.137 e. The van der Waals surface area contributed by atoms with E-state index in [1.54, 1.807) is 7.11 Å². The Kier molecular flexibility index (Phi) is 4.13. The Bertz CT molecular complexity index is 384. The summed E-state index contributed by atoms with van der Waals surface area (Å²) in [5, 5.41) is 10.0. The molecule has 3 nitrogen and oxygen atoms in total. The van der Waals surface area contributed by atoms with Crippen LogP contribution in [-0.4, -0.2) is 31.4 Å². The highest BCUT2D eigenvalue weighted by Gasteiger charge is 2.22. The van der Waals surface area contributed by atoms with Gasteiger partial charge in [-0.05, 0) is 37.5 Å². The fourth-order valence-electron chi connectivity index (χ4n) is 2.36. The summed E-state index contributed by atoms with van der Waals surface area (Å²) in [7, 11) is 1.61. The van der Waals surface area contributed by atoms with Crippen LogP contribution in [0.25, 0.3) is 0 Å². The number of hydrogen-bond acceptors (Lipinski definition) is 3. The van der Waals surface area contributed by atoms with Gasteiger partial charge in [0.2, 0.25) is 0 Å². The molecule has 1 heterocycles. The van der Waals surface area contributed by atoms with Crippen LogP contribution in [0.2, 0.25) is 5.02 Å². The molecule has 1 N–H and O–H groups in total. The summed E-state index contributed by atoms with van der Waals surface area (Å²) in [5.74, 6) is 0.688. The van der Waals surface area contributed by atoms with Crippen molar-refractivity contribution in [3.63, 3.8) is 0 Å². The first kappa shape index (κ1) is 12.5. The van der Waals surface area contributed by atoms with E-state index in [1.807, 2.05) is 18.2 Å². The molecule has 1 aromatic rings. The Labute approximate surface area is 107 Å². The van der Waals surface area contributed by atoms with Gasteiger partial charge in [-0.15, -0.1) is 0 Å². The van der Waals surface area contributed by atoms with E-state index in [0.717, 1.165) is 18.7 Å². The van der Waals surface area contributed by atoms with Crippen molar-refractivity contribution in [2.24, 2.45) is 0 Å². The molecule has 0 spiro atoms. The highest BCUT2D eigenvalue weighted by molar-refractivity contribution is 6.32. The number of piperidine rings is 1. The molecule has 1 aromatic carbocycles. The van der Waals surface area contributed by atoms with Gasteiger partial charge in [0.05, 0.1) is 24.8 Å². The maximum absolute atomic E-state index is 9.39. The lowest BCUT2D eigenvalue weighted by Crippen LogP contribution is -2.41. The van der Waals surface area contributed by atoms with E-state index >= 15 is 0 Å². The largest absolute Gasteiger partial charge is 0.495 e. The summed E-state index contributed by atoms with van der Waals surface area (Å²) < 4.78 is 5.14. The van der Waals surface area contributed by atoms with Crippen molar-refractivity contribution in [1.82, 2.24) is 0 Å². The van der Waals surface area contributed by atoms with Crippen LogP contribution in [0, 0.1) is 0 Å². The number of rotatable bonds is 3. The summed E-state index contributed by atoms with van der Waals surface area (Å²) in [4.78, 5) is 2.23. The van der Waals surface area contributed by atoms with Crippen LogP contribution in [0.5, 0.6) is 5.75 Å². The maximum atomic E-state index is 9.39. The standard InChI is InChI=1S/C13H18ClNO2/c1-17-13-6-5-10(8-12(13)14)15-7-3-2-4-11(15)9-16/h5-6,8,11,16H,2-4,7,9H2,1H3. The van der Waals surface area contributed by atoms with Crippen molar-refractivity contribution in [3.05, 3.63) is 23.2 Å². The lowest BCUT2D eigenvalue weighted by molar-refractivity contribution is 0.240. The predicted molar refractivity (Wildman–Crippen MR) is 70.1 cm³/mol. The molecule has 2 rings (SSSR count). The van der Waals surface area contributed by atoms with Crippen molar-refractivity contribution in [2.75, 3.05) is 25.2 Å². The average Bonchev–Trinajstić information content (AvgIpc) is 2.38. The highest BCUT2D eigenvalue weighted by atomic mass is 35.5. The van der Waals surface area contributed by atoms with Crippen LogP contribution in [-0.2, 0) is 0 Å². The molecule has 1 atom stereocenters. The molecule has 0 bridgehead atoms. The third-order valence-electron chi connectivity index (χ3n) is 3.30. The zero-order chi connectivity index (χ0) is 12.3. The Morgan fingerprint density at radius 2 is 2.29 bits per heavy atom. The summed E-state index contributed by atoms with van der Waals surface area (Å²) in [6.45, 7) is 1.18. The molecule has 1 fully saturated rings. The first-order valence-corrected chi connectivity index (χ1v) is 6.35. The van der Waals surface area contributed by atoms with Gasteiger partial charge in [0.15, 0.2) is 0 Å². The predicted octanol–water partition coefficient (Wildman–Crippen LogP) is 2.70. The molecule has 0 radical (unpaired) electrons. The van der Waals surface area contributed by atoms with Crippen LogP contribution in [0.3, 0.4) is 0 Å². The second-order valence-electron chi connectivity index (χ2n) is 4.34. The van der Waals surface area contributed by atoms with Gasteiger partial charge in [0.1, 0.15) is 5.75 Å². The van der Waals surface area contributed by atoms with Crippen molar-refractivity contribution < 1.29 is 9.84 Å². The van der Waals surface area contributed by atoms with E-state index < -0.39 is 0 Å². The van der Waals surface area contributed by atoms with Gasteiger partial charge in [-0.2, -0.15) is 0 Å². The van der Waals surface area contributed by atoms with Crippen molar-refractivity contribution >= 4 is 17.3 Å². The van der Waals surface area contributed by atoms with E-state index in [-0.39, 0.29) is 12.6 Å². The fraction of sp³-hybridized carbons (Fsp3) is 0.538. The van der Waals surface area contributed by atoms with E-state index in [9.17, 15) is 5.11 Å². The van der Waals surface area contributed by atoms with Gasteiger partial charge in [0.25, 0.3) is 0 Å². The van der Waals surface area contributed by atoms with Gasteiger partial charge in [-0.1, -0.05) is 11.6 Å². The normalized spacial score (nSPS) is 20.4. The molecule has 1 unspecified atom stereocenters. The van der Waals surface area contributed by atoms with Gasteiger partial charge in [0, 0.05) is 12.2 Å². The summed E-state index contributed by atoms with van der Waals surface area (Å²) >= 11 is 6.13. The van der Waals surface area contributed by atoms with Gasteiger partial charge in [-0.3, -0.25) is 0 Å². The van der Waals surface area contributed by atoms with Crippen molar-refractivity contribution in [1.29, 1.82) is 0 Å². The number of halogens is 1. The number of ether oxygens (including phenoxy) is 1. The SMILES string of the molecule is COc1ccc(N2CCCCC2CO)cc1Cl. The third kappa shape index (κ3) is 2.67. The number of aliphatic hydroxyl groups is 1. The zero-order valence-corrected chi connectivity index (χ0v) is 10.8. The molecule has 1 saturated heterocycles. The average molecular weight is 256 g/mol. The number of anilines is 1. The molecule has 0 amide bonds. The number of benzene rings is 1. The molecule has 4 heteroatoms. The quantitative estimate of drug-likeness (QED) is 0.902. The van der Waals surface area contributed by atoms with Gasteiger partial charge < -0.3 is 14.7 Å². The molecule has 1 aliphatic rings. The maximum Gasteiger partial charge on any atom is 0.137 e. The van der Waals surface area contributed by atoms with Crippen LogP contribution >= 0.6 is 11.6 Å². The summed E-state index contributed by atoms with van der Waals surface area (Å²) in [5.41, 5.74) is 1.06. The molecular formula is C13H18ClNO2. The lowest BCUT2D eigenvalue weighted by Gasteiger charge is -2.36. The number of nitrogens with zero attached hydrogens (tertiary/aromatic N) is 1. The first-order chi connectivity index (χ1) is 8.26. The molecule has 0 saturated carbocycles. The monoisotopic (exact) mass is 255 g/mol. The second kappa shape index (κ2) is 5.61.